The Balaban J connectivity index is 2.04. The molecule has 4 nitrogen and oxygen atoms in total. The molecule has 5 heteroatoms. The minimum Gasteiger partial charge on any atom is -0.493 e. The predicted molar refractivity (Wildman–Crippen MR) is 132 cm³/mol. The van der Waals surface area contributed by atoms with Crippen molar-refractivity contribution < 1.29 is 9.47 Å². The molecule has 31 heavy (non-hydrogen) atoms. The number of thiophene rings is 1. The van der Waals surface area contributed by atoms with Crippen molar-refractivity contribution in [3.63, 3.8) is 0 Å². The van der Waals surface area contributed by atoms with Gasteiger partial charge in [-0.2, -0.15) is 0 Å². The van der Waals surface area contributed by atoms with E-state index in [9.17, 15) is 4.79 Å². The lowest BCUT2D eigenvalue weighted by Crippen LogP contribution is -2.15. The molecule has 0 aliphatic heterocycles. The molecule has 1 unspecified atom stereocenters. The summed E-state index contributed by atoms with van der Waals surface area (Å²) >= 11 is 1.77. The molecule has 0 fully saturated rings. The van der Waals surface area contributed by atoms with E-state index in [-0.39, 0.29) is 5.56 Å². The third kappa shape index (κ3) is 5.32. The number of fused-ring (bicyclic) bond motifs is 1. The highest BCUT2D eigenvalue weighted by Crippen LogP contribution is 2.38. The lowest BCUT2D eigenvalue weighted by molar-refractivity contribution is 0.355. The second-order valence-corrected chi connectivity index (χ2v) is 9.95. The minimum atomic E-state index is 0.0657. The van der Waals surface area contributed by atoms with E-state index >= 15 is 0 Å². The van der Waals surface area contributed by atoms with E-state index in [0.29, 0.717) is 17.4 Å². The van der Waals surface area contributed by atoms with Gasteiger partial charge in [0.25, 0.3) is 5.56 Å². The quantitative estimate of drug-likeness (QED) is 0.352. The van der Waals surface area contributed by atoms with Gasteiger partial charge in [0.15, 0.2) is 11.5 Å². The number of nitrogens with zero attached hydrogens (tertiary/aromatic N) is 1. The fraction of sp³-hybridized carbons (Fsp3) is 0.500. The van der Waals surface area contributed by atoms with Crippen molar-refractivity contribution >= 4 is 21.4 Å². The minimum absolute atomic E-state index is 0.0657. The van der Waals surface area contributed by atoms with Crippen LogP contribution >= 0.6 is 11.3 Å². The fourth-order valence-electron chi connectivity index (χ4n) is 4.22. The Bertz CT molecular complexity index is 1080. The van der Waals surface area contributed by atoms with Gasteiger partial charge in [-0.25, -0.2) is 0 Å². The third-order valence-electron chi connectivity index (χ3n) is 5.93. The van der Waals surface area contributed by atoms with E-state index < -0.39 is 0 Å². The van der Waals surface area contributed by atoms with Gasteiger partial charge in [0.05, 0.1) is 19.6 Å². The van der Waals surface area contributed by atoms with Crippen molar-refractivity contribution in [2.75, 3.05) is 14.2 Å². The normalized spacial score (nSPS) is 12.5. The molecule has 0 radical (unpaired) electrons. The largest absolute Gasteiger partial charge is 0.493 e. The van der Waals surface area contributed by atoms with Crippen LogP contribution < -0.4 is 15.0 Å². The SMILES string of the molecule is CCCC(CCC(C)C)Cc1cc2c(=O)n(C)cc(-c3ccc(OC)c(OC)c3)c2s1. The van der Waals surface area contributed by atoms with Crippen LogP contribution in [0.3, 0.4) is 0 Å². The summed E-state index contributed by atoms with van der Waals surface area (Å²) in [6, 6.07) is 8.07. The summed E-state index contributed by atoms with van der Waals surface area (Å²) in [5.74, 6) is 2.79. The van der Waals surface area contributed by atoms with Crippen LogP contribution in [-0.4, -0.2) is 18.8 Å². The van der Waals surface area contributed by atoms with Crippen LogP contribution in [0.15, 0.2) is 35.3 Å². The lowest BCUT2D eigenvalue weighted by atomic mass is 9.91. The van der Waals surface area contributed by atoms with Gasteiger partial charge >= 0.3 is 0 Å². The summed E-state index contributed by atoms with van der Waals surface area (Å²) in [5, 5.41) is 0.814. The summed E-state index contributed by atoms with van der Waals surface area (Å²) in [6.07, 6.45) is 7.94. The molecule has 0 spiro atoms. The maximum atomic E-state index is 12.9. The number of hydrogen-bond acceptors (Lipinski definition) is 4. The smallest absolute Gasteiger partial charge is 0.259 e. The highest BCUT2D eigenvalue weighted by molar-refractivity contribution is 7.19. The van der Waals surface area contributed by atoms with Gasteiger partial charge < -0.3 is 14.0 Å². The van der Waals surface area contributed by atoms with Crippen LogP contribution in [0.2, 0.25) is 0 Å². The number of aryl methyl sites for hydroxylation is 1. The van der Waals surface area contributed by atoms with Gasteiger partial charge in [-0.05, 0) is 48.4 Å². The molecule has 168 valence electrons. The standard InChI is InChI=1S/C26H35NO3S/c1-7-8-18(10-9-17(2)3)13-20-15-21-25(31-20)22(16-27(4)26(21)28)19-11-12-23(29-5)24(14-19)30-6/h11-12,14-18H,7-10,13H2,1-6H3. The highest BCUT2D eigenvalue weighted by atomic mass is 32.1. The third-order valence-corrected chi connectivity index (χ3v) is 7.13. The lowest BCUT2D eigenvalue weighted by Gasteiger charge is -2.16. The zero-order chi connectivity index (χ0) is 22.5. The molecule has 0 bridgehead atoms. The summed E-state index contributed by atoms with van der Waals surface area (Å²) < 4.78 is 13.6. The van der Waals surface area contributed by atoms with Crippen LogP contribution in [0.4, 0.5) is 0 Å². The molecule has 0 aliphatic rings. The maximum absolute atomic E-state index is 12.9. The molecular formula is C26H35NO3S. The number of hydrogen-bond donors (Lipinski definition) is 0. The van der Waals surface area contributed by atoms with E-state index in [1.54, 1.807) is 30.1 Å². The van der Waals surface area contributed by atoms with Crippen molar-refractivity contribution in [3.8, 4) is 22.6 Å². The molecule has 1 atom stereocenters. The molecule has 0 amide bonds. The van der Waals surface area contributed by atoms with E-state index in [1.807, 2.05) is 31.4 Å². The van der Waals surface area contributed by atoms with Crippen molar-refractivity contribution in [2.24, 2.45) is 18.9 Å². The van der Waals surface area contributed by atoms with Crippen molar-refractivity contribution in [1.29, 1.82) is 0 Å². The fourth-order valence-corrected chi connectivity index (χ4v) is 5.52. The molecule has 2 aromatic heterocycles. The molecule has 0 N–H and O–H groups in total. The maximum Gasteiger partial charge on any atom is 0.259 e. The zero-order valence-corrected chi connectivity index (χ0v) is 20.5. The van der Waals surface area contributed by atoms with Gasteiger partial charge in [-0.3, -0.25) is 4.79 Å². The molecule has 2 heterocycles. The van der Waals surface area contributed by atoms with Gasteiger partial charge in [0, 0.05) is 28.4 Å². The Hall–Kier alpha value is -2.27. The average molecular weight is 442 g/mol. The van der Waals surface area contributed by atoms with Crippen molar-refractivity contribution in [2.45, 2.75) is 52.9 Å². The Labute approximate surface area is 189 Å². The number of aromatic nitrogens is 1. The van der Waals surface area contributed by atoms with Crippen LogP contribution in [0.1, 0.15) is 51.3 Å². The molecular weight excluding hydrogens is 406 g/mol. The van der Waals surface area contributed by atoms with Crippen LogP contribution in [0, 0.1) is 11.8 Å². The topological polar surface area (TPSA) is 40.5 Å². The Morgan fingerprint density at radius 2 is 1.77 bits per heavy atom. The molecule has 3 rings (SSSR count). The van der Waals surface area contributed by atoms with Gasteiger partial charge in [-0.15, -0.1) is 11.3 Å². The number of methoxy groups -OCH3 is 2. The first-order valence-electron chi connectivity index (χ1n) is 11.2. The number of pyridine rings is 1. The van der Waals surface area contributed by atoms with Gasteiger partial charge in [0.2, 0.25) is 0 Å². The zero-order valence-electron chi connectivity index (χ0n) is 19.7. The Morgan fingerprint density at radius 1 is 1.03 bits per heavy atom. The molecule has 0 saturated heterocycles. The van der Waals surface area contributed by atoms with E-state index in [4.69, 9.17) is 9.47 Å². The summed E-state index contributed by atoms with van der Waals surface area (Å²) in [5.41, 5.74) is 2.15. The van der Waals surface area contributed by atoms with Gasteiger partial charge in [-0.1, -0.05) is 46.1 Å². The Kier molecular flexibility index (Phi) is 7.82. The Morgan fingerprint density at radius 3 is 2.42 bits per heavy atom. The first-order valence-corrected chi connectivity index (χ1v) is 12.0. The van der Waals surface area contributed by atoms with Crippen molar-refractivity contribution in [3.05, 3.63) is 45.7 Å². The molecule has 0 aliphatic carbocycles. The van der Waals surface area contributed by atoms with Crippen molar-refractivity contribution in [1.82, 2.24) is 4.57 Å². The second-order valence-electron chi connectivity index (χ2n) is 8.81. The number of rotatable bonds is 10. The first kappa shape index (κ1) is 23.4. The van der Waals surface area contributed by atoms with Crippen LogP contribution in [0.25, 0.3) is 21.2 Å². The highest BCUT2D eigenvalue weighted by Gasteiger charge is 2.17. The monoisotopic (exact) mass is 441 g/mol. The number of benzene rings is 1. The van der Waals surface area contributed by atoms with E-state index in [0.717, 1.165) is 33.6 Å². The van der Waals surface area contributed by atoms with E-state index in [1.165, 1.54) is 30.6 Å². The summed E-state index contributed by atoms with van der Waals surface area (Å²) in [7, 11) is 5.11. The van der Waals surface area contributed by atoms with Crippen LogP contribution in [0.5, 0.6) is 11.5 Å². The first-order chi connectivity index (χ1) is 14.9. The van der Waals surface area contributed by atoms with E-state index in [2.05, 4.69) is 26.8 Å². The number of ether oxygens (including phenoxy) is 2. The summed E-state index contributed by atoms with van der Waals surface area (Å²) in [6.45, 7) is 6.85. The predicted octanol–water partition coefficient (Wildman–Crippen LogP) is 6.68. The molecule has 3 aromatic rings. The van der Waals surface area contributed by atoms with Gasteiger partial charge in [0.1, 0.15) is 0 Å². The second kappa shape index (κ2) is 10.4. The summed E-state index contributed by atoms with van der Waals surface area (Å²) in [4.78, 5) is 14.2. The van der Waals surface area contributed by atoms with Crippen LogP contribution in [-0.2, 0) is 13.5 Å². The average Bonchev–Trinajstić information content (AvgIpc) is 3.18. The molecule has 0 saturated carbocycles. The molecule has 1 aromatic carbocycles.